The van der Waals surface area contributed by atoms with Crippen LogP contribution in [0.1, 0.15) is 27.2 Å². The van der Waals surface area contributed by atoms with Gasteiger partial charge in [0.05, 0.1) is 12.3 Å². The molecule has 1 fully saturated rings. The van der Waals surface area contributed by atoms with Crippen molar-refractivity contribution < 1.29 is 13.9 Å². The van der Waals surface area contributed by atoms with Crippen molar-refractivity contribution in [2.75, 3.05) is 11.9 Å². The Morgan fingerprint density at radius 1 is 1.60 bits per heavy atom. The number of carbonyl (C=O) groups is 1. The Bertz CT molecular complexity index is 504. The first-order valence-corrected chi connectivity index (χ1v) is 6.64. The molecule has 1 aliphatic carbocycles. The number of carbonyl (C=O) groups excluding carboxylic acids is 1. The maximum atomic E-state index is 12.8. The van der Waals surface area contributed by atoms with E-state index < -0.39 is 16.8 Å². The summed E-state index contributed by atoms with van der Waals surface area (Å²) in [6.45, 7) is 6.32. The number of nitrogens with two attached hydrogens (primary N) is 1. The lowest BCUT2D eigenvalue weighted by molar-refractivity contribution is -0.166. The van der Waals surface area contributed by atoms with Gasteiger partial charge in [-0.3, -0.25) is 4.79 Å². The Morgan fingerprint density at radius 2 is 2.30 bits per heavy atom. The number of rotatable bonds is 4. The van der Waals surface area contributed by atoms with Gasteiger partial charge < -0.3 is 15.8 Å². The number of pyridine rings is 1. The standard InChI is InChI=1S/C14H20FN3O2/c1-4-20-10-7-14(16,13(10,2)3)12(19)18-11-6-5-9(15)8-17-11/h5-6,8,10H,4,7,16H2,1-3H3,(H,17,18,19). The van der Waals surface area contributed by atoms with E-state index in [0.29, 0.717) is 13.0 Å². The topological polar surface area (TPSA) is 77.2 Å². The van der Waals surface area contributed by atoms with Crippen molar-refractivity contribution in [3.63, 3.8) is 0 Å². The molecule has 0 spiro atoms. The molecule has 3 N–H and O–H groups in total. The highest BCUT2D eigenvalue weighted by Crippen LogP contribution is 2.50. The molecular weight excluding hydrogens is 261 g/mol. The minimum atomic E-state index is -1.01. The van der Waals surface area contributed by atoms with Crippen LogP contribution in [-0.4, -0.2) is 29.1 Å². The lowest BCUT2D eigenvalue weighted by atomic mass is 9.54. The van der Waals surface area contributed by atoms with Crippen molar-refractivity contribution in [3.8, 4) is 0 Å². The van der Waals surface area contributed by atoms with Crippen LogP contribution in [-0.2, 0) is 9.53 Å². The predicted molar refractivity (Wildman–Crippen MR) is 73.6 cm³/mol. The summed E-state index contributed by atoms with van der Waals surface area (Å²) in [5, 5.41) is 2.63. The van der Waals surface area contributed by atoms with Gasteiger partial charge in [-0.25, -0.2) is 9.37 Å². The van der Waals surface area contributed by atoms with Gasteiger partial charge in [0.2, 0.25) is 5.91 Å². The summed E-state index contributed by atoms with van der Waals surface area (Å²) in [6.07, 6.45) is 1.47. The molecule has 20 heavy (non-hydrogen) atoms. The molecule has 1 aromatic rings. The van der Waals surface area contributed by atoms with Crippen LogP contribution in [0.2, 0.25) is 0 Å². The first-order chi connectivity index (χ1) is 9.31. The van der Waals surface area contributed by atoms with Crippen LogP contribution in [0.15, 0.2) is 18.3 Å². The second-order valence-corrected chi connectivity index (χ2v) is 5.66. The zero-order valence-corrected chi connectivity index (χ0v) is 11.9. The van der Waals surface area contributed by atoms with Crippen LogP contribution in [0.5, 0.6) is 0 Å². The van der Waals surface area contributed by atoms with Gasteiger partial charge in [0.25, 0.3) is 0 Å². The molecule has 0 radical (unpaired) electrons. The van der Waals surface area contributed by atoms with E-state index in [1.54, 1.807) is 0 Å². The SMILES string of the molecule is CCOC1CC(N)(C(=O)Nc2ccc(F)cn2)C1(C)C. The monoisotopic (exact) mass is 281 g/mol. The third-order valence-corrected chi connectivity index (χ3v) is 4.20. The van der Waals surface area contributed by atoms with E-state index >= 15 is 0 Å². The van der Waals surface area contributed by atoms with Gasteiger partial charge in [-0.15, -0.1) is 0 Å². The first kappa shape index (κ1) is 14.9. The Kier molecular flexibility index (Phi) is 3.80. The number of ether oxygens (including phenoxy) is 1. The highest BCUT2D eigenvalue weighted by molar-refractivity contribution is 5.99. The van der Waals surface area contributed by atoms with E-state index in [0.717, 1.165) is 6.20 Å². The van der Waals surface area contributed by atoms with Crippen molar-refractivity contribution in [2.45, 2.75) is 38.8 Å². The summed E-state index contributed by atoms with van der Waals surface area (Å²) in [5.74, 6) is -0.486. The quantitative estimate of drug-likeness (QED) is 0.880. The zero-order valence-electron chi connectivity index (χ0n) is 11.9. The molecule has 1 saturated carbocycles. The Labute approximate surface area is 117 Å². The molecule has 1 aromatic heterocycles. The fraction of sp³-hybridized carbons (Fsp3) is 0.571. The molecule has 110 valence electrons. The number of hydrogen-bond acceptors (Lipinski definition) is 4. The molecule has 1 amide bonds. The number of amides is 1. The Balaban J connectivity index is 2.08. The van der Waals surface area contributed by atoms with Gasteiger partial charge in [-0.1, -0.05) is 13.8 Å². The molecule has 6 heteroatoms. The molecule has 0 bridgehead atoms. The summed E-state index contributed by atoms with van der Waals surface area (Å²) < 4.78 is 18.4. The van der Waals surface area contributed by atoms with Crippen LogP contribution >= 0.6 is 0 Å². The van der Waals surface area contributed by atoms with Crippen molar-refractivity contribution in [2.24, 2.45) is 11.1 Å². The number of hydrogen-bond donors (Lipinski definition) is 2. The van der Waals surface area contributed by atoms with E-state index in [1.165, 1.54) is 12.1 Å². The highest BCUT2D eigenvalue weighted by Gasteiger charge is 2.62. The smallest absolute Gasteiger partial charge is 0.246 e. The lowest BCUT2D eigenvalue weighted by Crippen LogP contribution is -2.74. The minimum Gasteiger partial charge on any atom is -0.378 e. The molecule has 2 atom stereocenters. The number of anilines is 1. The largest absolute Gasteiger partial charge is 0.378 e. The summed E-state index contributed by atoms with van der Waals surface area (Å²) in [5.41, 5.74) is 4.75. The van der Waals surface area contributed by atoms with Crippen molar-refractivity contribution in [1.82, 2.24) is 4.98 Å². The average Bonchev–Trinajstić information content (AvgIpc) is 2.40. The van der Waals surface area contributed by atoms with E-state index in [9.17, 15) is 9.18 Å². The first-order valence-electron chi connectivity index (χ1n) is 6.64. The highest BCUT2D eigenvalue weighted by atomic mass is 19.1. The summed E-state index contributed by atoms with van der Waals surface area (Å²) >= 11 is 0. The number of nitrogens with zero attached hydrogens (tertiary/aromatic N) is 1. The van der Waals surface area contributed by atoms with Crippen LogP contribution < -0.4 is 11.1 Å². The van der Waals surface area contributed by atoms with Gasteiger partial charge in [0, 0.05) is 18.4 Å². The minimum absolute atomic E-state index is 0.0376. The summed E-state index contributed by atoms with van der Waals surface area (Å²) in [4.78, 5) is 16.1. The summed E-state index contributed by atoms with van der Waals surface area (Å²) in [6, 6.07) is 2.64. The van der Waals surface area contributed by atoms with Gasteiger partial charge in [-0.05, 0) is 19.1 Å². The van der Waals surface area contributed by atoms with Gasteiger partial charge in [-0.2, -0.15) is 0 Å². The van der Waals surface area contributed by atoms with E-state index in [2.05, 4.69) is 10.3 Å². The zero-order chi connectivity index (χ0) is 15.0. The molecular formula is C14H20FN3O2. The van der Waals surface area contributed by atoms with Crippen LogP contribution in [0.25, 0.3) is 0 Å². The predicted octanol–water partition coefficient (Wildman–Crippen LogP) is 1.69. The summed E-state index contributed by atoms with van der Waals surface area (Å²) in [7, 11) is 0. The maximum absolute atomic E-state index is 12.8. The van der Waals surface area contributed by atoms with Crippen LogP contribution in [0.4, 0.5) is 10.2 Å². The fourth-order valence-corrected chi connectivity index (χ4v) is 2.50. The van der Waals surface area contributed by atoms with Crippen molar-refractivity contribution in [1.29, 1.82) is 0 Å². The second-order valence-electron chi connectivity index (χ2n) is 5.66. The molecule has 2 rings (SSSR count). The van der Waals surface area contributed by atoms with Crippen molar-refractivity contribution in [3.05, 3.63) is 24.1 Å². The van der Waals surface area contributed by atoms with E-state index in [4.69, 9.17) is 10.5 Å². The second kappa shape index (κ2) is 5.10. The third-order valence-electron chi connectivity index (χ3n) is 4.20. The molecule has 1 aliphatic rings. The number of aromatic nitrogens is 1. The van der Waals surface area contributed by atoms with Gasteiger partial charge >= 0.3 is 0 Å². The number of nitrogens with one attached hydrogen (secondary N) is 1. The molecule has 0 aromatic carbocycles. The average molecular weight is 281 g/mol. The van der Waals surface area contributed by atoms with Crippen molar-refractivity contribution >= 4 is 11.7 Å². The Morgan fingerprint density at radius 3 is 2.80 bits per heavy atom. The normalized spacial score (nSPS) is 27.8. The molecule has 5 nitrogen and oxygen atoms in total. The Hall–Kier alpha value is -1.53. The van der Waals surface area contributed by atoms with Gasteiger partial charge in [0.1, 0.15) is 17.2 Å². The maximum Gasteiger partial charge on any atom is 0.246 e. The molecule has 1 heterocycles. The van der Waals surface area contributed by atoms with E-state index in [1.807, 2.05) is 20.8 Å². The lowest BCUT2D eigenvalue weighted by Gasteiger charge is -2.57. The van der Waals surface area contributed by atoms with Gasteiger partial charge in [0.15, 0.2) is 0 Å². The van der Waals surface area contributed by atoms with Crippen LogP contribution in [0.3, 0.4) is 0 Å². The molecule has 0 aliphatic heterocycles. The third kappa shape index (κ3) is 2.29. The van der Waals surface area contributed by atoms with Crippen LogP contribution in [0, 0.1) is 11.2 Å². The molecule has 0 saturated heterocycles. The fourth-order valence-electron chi connectivity index (χ4n) is 2.50. The van der Waals surface area contributed by atoms with E-state index in [-0.39, 0.29) is 17.8 Å². The molecule has 2 unspecified atom stereocenters. The number of halogens is 1.